The van der Waals surface area contributed by atoms with Gasteiger partial charge < -0.3 is 4.74 Å². The highest BCUT2D eigenvalue weighted by Crippen LogP contribution is 2.21. The summed E-state index contributed by atoms with van der Waals surface area (Å²) >= 11 is 5.84. The van der Waals surface area contributed by atoms with Gasteiger partial charge in [0, 0.05) is 0 Å². The average Bonchev–Trinajstić information content (AvgIpc) is 2.28. The van der Waals surface area contributed by atoms with Crippen LogP contribution in [0.2, 0.25) is 5.02 Å². The molecule has 1 aromatic carbocycles. The minimum Gasteiger partial charge on any atom is -0.466 e. The van der Waals surface area contributed by atoms with Crippen molar-refractivity contribution in [3.05, 3.63) is 33.8 Å². The van der Waals surface area contributed by atoms with E-state index >= 15 is 0 Å². The second-order valence-electron chi connectivity index (χ2n) is 3.25. The first-order valence-electron chi connectivity index (χ1n) is 4.95. The van der Waals surface area contributed by atoms with Crippen molar-refractivity contribution in [1.82, 2.24) is 0 Å². The molecular weight excluding hydrogens is 242 g/mol. The van der Waals surface area contributed by atoms with Gasteiger partial charge in [0.1, 0.15) is 0 Å². The summed E-state index contributed by atoms with van der Waals surface area (Å²) in [5.74, 6) is -0.397. The van der Waals surface area contributed by atoms with Crippen LogP contribution >= 0.6 is 11.6 Å². The zero-order valence-electron chi connectivity index (χ0n) is 9.20. The summed E-state index contributed by atoms with van der Waals surface area (Å²) in [5, 5.41) is 9.02. The highest BCUT2D eigenvalue weighted by atomic mass is 35.5. The van der Waals surface area contributed by atoms with Crippen molar-refractivity contribution in [2.75, 3.05) is 6.61 Å². The van der Waals surface area contributed by atoms with E-state index in [2.05, 4.69) is 0 Å². The molecule has 0 radical (unpaired) electrons. The fourth-order valence-electron chi connectivity index (χ4n) is 1.37. The number of hydrogen-bond donors (Lipinski definition) is 0. The largest absolute Gasteiger partial charge is 0.466 e. The number of carbonyl (C=O) groups excluding carboxylic acids is 2. The van der Waals surface area contributed by atoms with Crippen LogP contribution in [0.4, 0.5) is 0 Å². The average molecular weight is 252 g/mol. The van der Waals surface area contributed by atoms with Gasteiger partial charge in [-0.05, 0) is 24.6 Å². The summed E-state index contributed by atoms with van der Waals surface area (Å²) < 4.78 is 4.78. The van der Waals surface area contributed by atoms with Gasteiger partial charge in [-0.3, -0.25) is 9.59 Å². The zero-order valence-corrected chi connectivity index (χ0v) is 9.95. The third-order valence-corrected chi connectivity index (χ3v) is 2.39. The number of carbonyl (C=O) groups is 2. The zero-order chi connectivity index (χ0) is 12.8. The number of aldehydes is 1. The Morgan fingerprint density at radius 1 is 1.59 bits per heavy atom. The number of nitrogens with zero attached hydrogens (tertiary/aromatic N) is 1. The van der Waals surface area contributed by atoms with Gasteiger partial charge in [-0.2, -0.15) is 5.26 Å². The lowest BCUT2D eigenvalue weighted by atomic mass is 10.0. The number of rotatable bonds is 4. The van der Waals surface area contributed by atoms with Crippen LogP contribution in [-0.2, 0) is 16.0 Å². The molecule has 0 atom stereocenters. The number of nitriles is 1. The highest BCUT2D eigenvalue weighted by Gasteiger charge is 2.11. The van der Waals surface area contributed by atoms with Crippen LogP contribution in [0.15, 0.2) is 12.1 Å². The first-order chi connectivity index (χ1) is 8.12. The summed E-state index contributed by atoms with van der Waals surface area (Å²) in [6.45, 7) is 2.01. The summed E-state index contributed by atoms with van der Waals surface area (Å²) in [6.07, 6.45) is 0.552. The molecule has 0 fully saturated rings. The van der Waals surface area contributed by atoms with Crippen LogP contribution in [0.3, 0.4) is 0 Å². The second kappa shape index (κ2) is 6.02. The minimum absolute atomic E-state index is 0.0291. The SMILES string of the molecule is CCOC(=O)Cc1cc(Cl)c(C=O)c(C#N)c1. The molecule has 0 N–H and O–H groups in total. The van der Waals surface area contributed by atoms with Gasteiger partial charge in [0.05, 0.1) is 35.2 Å². The maximum atomic E-state index is 11.3. The molecule has 4 nitrogen and oxygen atoms in total. The summed E-state index contributed by atoms with van der Waals surface area (Å²) in [6, 6.07) is 4.82. The first kappa shape index (κ1) is 13.2. The van der Waals surface area contributed by atoms with Crippen molar-refractivity contribution >= 4 is 23.9 Å². The lowest BCUT2D eigenvalue weighted by Crippen LogP contribution is -2.08. The van der Waals surface area contributed by atoms with E-state index in [1.807, 2.05) is 6.07 Å². The van der Waals surface area contributed by atoms with Gasteiger partial charge >= 0.3 is 5.97 Å². The Labute approximate surface area is 104 Å². The van der Waals surface area contributed by atoms with Crippen LogP contribution in [0.1, 0.15) is 28.4 Å². The van der Waals surface area contributed by atoms with Crippen molar-refractivity contribution in [2.45, 2.75) is 13.3 Å². The molecule has 0 heterocycles. The van der Waals surface area contributed by atoms with E-state index in [4.69, 9.17) is 21.6 Å². The summed E-state index contributed by atoms with van der Waals surface area (Å²) in [5.41, 5.74) is 0.851. The normalized spacial score (nSPS) is 9.47. The number of ether oxygens (including phenoxy) is 1. The second-order valence-corrected chi connectivity index (χ2v) is 3.66. The Hall–Kier alpha value is -1.86. The Balaban J connectivity index is 3.04. The van der Waals surface area contributed by atoms with E-state index in [-0.39, 0.29) is 22.6 Å². The molecular formula is C12H10ClNO3. The van der Waals surface area contributed by atoms with Gasteiger partial charge in [-0.1, -0.05) is 11.6 Å². The molecule has 0 aliphatic rings. The van der Waals surface area contributed by atoms with Gasteiger partial charge in [0.2, 0.25) is 0 Å². The molecule has 0 amide bonds. The number of halogens is 1. The molecule has 5 heteroatoms. The third kappa shape index (κ3) is 3.30. The quantitative estimate of drug-likeness (QED) is 0.607. The molecule has 0 bridgehead atoms. The maximum absolute atomic E-state index is 11.3. The van der Waals surface area contributed by atoms with Gasteiger partial charge in [0.15, 0.2) is 6.29 Å². The monoisotopic (exact) mass is 251 g/mol. The molecule has 1 aromatic rings. The van der Waals surface area contributed by atoms with Crippen LogP contribution < -0.4 is 0 Å². The van der Waals surface area contributed by atoms with Crippen molar-refractivity contribution in [3.8, 4) is 6.07 Å². The summed E-state index contributed by atoms with van der Waals surface area (Å²) in [7, 11) is 0. The molecule has 0 aromatic heterocycles. The number of esters is 1. The van der Waals surface area contributed by atoms with Crippen molar-refractivity contribution in [2.24, 2.45) is 0 Å². The smallest absolute Gasteiger partial charge is 0.310 e. The number of benzene rings is 1. The molecule has 0 saturated carbocycles. The molecule has 88 valence electrons. The predicted octanol–water partition coefficient (Wildman–Crippen LogP) is 2.13. The van der Waals surface area contributed by atoms with E-state index in [0.29, 0.717) is 18.5 Å². The van der Waals surface area contributed by atoms with E-state index in [9.17, 15) is 9.59 Å². The first-order valence-corrected chi connectivity index (χ1v) is 5.33. The summed E-state index contributed by atoms with van der Waals surface area (Å²) in [4.78, 5) is 22.0. The molecule has 0 aliphatic heterocycles. The standard InChI is InChI=1S/C12H10ClNO3/c1-2-17-12(16)5-8-3-9(6-14)10(7-15)11(13)4-8/h3-4,7H,2,5H2,1H3. The van der Waals surface area contributed by atoms with Gasteiger partial charge in [-0.15, -0.1) is 0 Å². The number of hydrogen-bond acceptors (Lipinski definition) is 4. The molecule has 0 spiro atoms. The Kier molecular flexibility index (Phi) is 4.68. The van der Waals surface area contributed by atoms with E-state index in [1.54, 1.807) is 6.92 Å². The molecule has 0 aliphatic carbocycles. The molecule has 17 heavy (non-hydrogen) atoms. The van der Waals surface area contributed by atoms with Crippen LogP contribution in [-0.4, -0.2) is 18.9 Å². The van der Waals surface area contributed by atoms with Crippen LogP contribution in [0, 0.1) is 11.3 Å². The van der Waals surface area contributed by atoms with Gasteiger partial charge in [0.25, 0.3) is 0 Å². The molecule has 0 unspecified atom stereocenters. The van der Waals surface area contributed by atoms with E-state index in [0.717, 1.165) is 0 Å². The third-order valence-electron chi connectivity index (χ3n) is 2.08. The highest BCUT2D eigenvalue weighted by molar-refractivity contribution is 6.33. The fraction of sp³-hybridized carbons (Fsp3) is 0.250. The fourth-order valence-corrected chi connectivity index (χ4v) is 1.65. The lowest BCUT2D eigenvalue weighted by Gasteiger charge is -2.05. The van der Waals surface area contributed by atoms with Crippen molar-refractivity contribution in [3.63, 3.8) is 0 Å². The Morgan fingerprint density at radius 3 is 2.82 bits per heavy atom. The molecule has 1 rings (SSSR count). The van der Waals surface area contributed by atoms with Crippen molar-refractivity contribution < 1.29 is 14.3 Å². The van der Waals surface area contributed by atoms with Crippen LogP contribution in [0.25, 0.3) is 0 Å². The van der Waals surface area contributed by atoms with E-state index < -0.39 is 5.97 Å². The predicted molar refractivity (Wildman–Crippen MR) is 61.9 cm³/mol. The van der Waals surface area contributed by atoms with E-state index in [1.165, 1.54) is 12.1 Å². The Bertz CT molecular complexity index is 491. The Morgan fingerprint density at radius 2 is 2.29 bits per heavy atom. The lowest BCUT2D eigenvalue weighted by molar-refractivity contribution is -0.142. The maximum Gasteiger partial charge on any atom is 0.310 e. The topological polar surface area (TPSA) is 67.2 Å². The minimum atomic E-state index is -0.397. The van der Waals surface area contributed by atoms with Crippen LogP contribution in [0.5, 0.6) is 0 Å². The molecule has 0 saturated heterocycles. The van der Waals surface area contributed by atoms with Gasteiger partial charge in [-0.25, -0.2) is 0 Å². The van der Waals surface area contributed by atoms with Crippen molar-refractivity contribution in [1.29, 1.82) is 5.26 Å².